The predicted octanol–water partition coefficient (Wildman–Crippen LogP) is 4.01. The standard InChI is InChI=1S/C11H7IS/c1-2-4-10-8(3-1)9-7-12-6-5-11(9)13-10/h1-7H. The van der Waals surface area contributed by atoms with Gasteiger partial charge in [-0.3, -0.25) is 0 Å². The van der Waals surface area contributed by atoms with Crippen molar-refractivity contribution >= 4 is 52.2 Å². The van der Waals surface area contributed by atoms with E-state index in [1.54, 1.807) is 0 Å². The first-order valence-electron chi connectivity index (χ1n) is 4.08. The molecule has 64 valence electrons. The molecule has 0 atom stereocenters. The average molecular weight is 298 g/mol. The van der Waals surface area contributed by atoms with Gasteiger partial charge in [0.1, 0.15) is 0 Å². The molecule has 0 radical (unpaired) electrons. The van der Waals surface area contributed by atoms with E-state index in [4.69, 9.17) is 0 Å². The quantitative estimate of drug-likeness (QED) is 0.645. The van der Waals surface area contributed by atoms with Crippen LogP contribution in [-0.4, -0.2) is 4.01 Å². The second kappa shape index (κ2) is 3.03. The molecule has 0 saturated carbocycles. The summed E-state index contributed by atoms with van der Waals surface area (Å²) < 4.78 is 6.17. The molecule has 3 rings (SSSR count). The molecule has 0 N–H and O–H groups in total. The zero-order chi connectivity index (χ0) is 8.67. The Balaban J connectivity index is 2.49. The van der Waals surface area contributed by atoms with Crippen molar-refractivity contribution < 1.29 is 0 Å². The van der Waals surface area contributed by atoms with Crippen molar-refractivity contribution in [3.05, 3.63) is 38.8 Å². The van der Waals surface area contributed by atoms with Gasteiger partial charge in [-0.1, -0.05) is 38.9 Å². The summed E-state index contributed by atoms with van der Waals surface area (Å²) in [5.41, 5.74) is 1.48. The molecule has 0 fully saturated rings. The summed E-state index contributed by atoms with van der Waals surface area (Å²) in [6, 6.07) is 8.67. The van der Waals surface area contributed by atoms with Gasteiger partial charge in [0.25, 0.3) is 0 Å². The minimum Gasteiger partial charge on any atom is -0.135 e. The van der Waals surface area contributed by atoms with Crippen LogP contribution in [0.1, 0.15) is 10.4 Å². The molecule has 13 heavy (non-hydrogen) atoms. The van der Waals surface area contributed by atoms with Gasteiger partial charge in [-0.2, -0.15) is 0 Å². The molecule has 0 bridgehead atoms. The van der Waals surface area contributed by atoms with E-state index in [1.165, 1.54) is 20.5 Å². The van der Waals surface area contributed by atoms with Crippen LogP contribution in [0.5, 0.6) is 0 Å². The van der Waals surface area contributed by atoms with Crippen molar-refractivity contribution in [2.45, 2.75) is 0 Å². The second-order valence-corrected chi connectivity index (χ2v) is 6.05. The number of hydrogen-bond donors (Lipinski definition) is 0. The molecule has 0 spiro atoms. The Morgan fingerprint density at radius 2 is 2.08 bits per heavy atom. The molecule has 0 amide bonds. The average Bonchev–Trinajstić information content (AvgIpc) is 2.56. The molecule has 2 heteroatoms. The van der Waals surface area contributed by atoms with Crippen LogP contribution in [0.15, 0.2) is 28.3 Å². The van der Waals surface area contributed by atoms with Crippen LogP contribution in [0, 0.1) is 0 Å². The fourth-order valence-corrected chi connectivity index (χ4v) is 4.86. The largest absolute Gasteiger partial charge is 0.135 e. The van der Waals surface area contributed by atoms with Gasteiger partial charge in [-0.05, 0) is 20.2 Å². The Morgan fingerprint density at radius 1 is 1.15 bits per heavy atom. The van der Waals surface area contributed by atoms with Crippen molar-refractivity contribution in [2.75, 3.05) is 0 Å². The molecular formula is C11H7IS. The van der Waals surface area contributed by atoms with Crippen molar-refractivity contribution in [2.24, 2.45) is 0 Å². The van der Waals surface area contributed by atoms with E-state index in [-0.39, 0.29) is 20.7 Å². The lowest BCUT2D eigenvalue weighted by molar-refractivity contribution is 1.84. The van der Waals surface area contributed by atoms with Crippen molar-refractivity contribution in [3.8, 4) is 0 Å². The van der Waals surface area contributed by atoms with Gasteiger partial charge in [-0.25, -0.2) is 0 Å². The van der Waals surface area contributed by atoms with E-state index in [0.717, 1.165) is 0 Å². The lowest BCUT2D eigenvalue weighted by Gasteiger charge is -1.95. The van der Waals surface area contributed by atoms with Gasteiger partial charge < -0.3 is 0 Å². The molecule has 0 unspecified atom stereocenters. The van der Waals surface area contributed by atoms with Gasteiger partial charge in [0.15, 0.2) is 0 Å². The monoisotopic (exact) mass is 298 g/mol. The van der Waals surface area contributed by atoms with Gasteiger partial charge in [0.2, 0.25) is 0 Å². The number of fused-ring (bicyclic) bond motifs is 3. The fraction of sp³-hybridized carbons (Fsp3) is 0. The van der Waals surface area contributed by atoms with Crippen LogP contribution in [0.25, 0.3) is 16.2 Å². The Morgan fingerprint density at radius 3 is 3.08 bits per heavy atom. The summed E-state index contributed by atoms with van der Waals surface area (Å²) in [6.45, 7) is 0. The smallest absolute Gasteiger partial charge is 0.0364 e. The maximum Gasteiger partial charge on any atom is 0.0364 e. The molecule has 0 aliphatic carbocycles. The van der Waals surface area contributed by atoms with Gasteiger partial charge in [0.05, 0.1) is 0 Å². The molecule has 1 aliphatic heterocycles. The van der Waals surface area contributed by atoms with Crippen LogP contribution < -0.4 is 0 Å². The Labute approximate surface area is 90.6 Å². The molecule has 1 aliphatic rings. The minimum atomic E-state index is 0.178. The maximum atomic E-state index is 2.42. The van der Waals surface area contributed by atoms with E-state index < -0.39 is 0 Å². The van der Waals surface area contributed by atoms with Crippen molar-refractivity contribution in [1.82, 2.24) is 0 Å². The molecule has 2 heterocycles. The molecule has 1 aromatic heterocycles. The molecule has 0 saturated heterocycles. The summed E-state index contributed by atoms with van der Waals surface area (Å²) >= 11 is 2.08. The Kier molecular flexibility index (Phi) is 1.84. The minimum absolute atomic E-state index is 0.178. The predicted molar refractivity (Wildman–Crippen MR) is 70.0 cm³/mol. The zero-order valence-electron chi connectivity index (χ0n) is 6.83. The zero-order valence-corrected chi connectivity index (χ0v) is 9.80. The van der Waals surface area contributed by atoms with Crippen LogP contribution in [-0.2, 0) is 0 Å². The summed E-state index contributed by atoms with van der Waals surface area (Å²) in [6.07, 6.45) is 2.28. The number of hydrogen-bond acceptors (Lipinski definition) is 1. The highest BCUT2D eigenvalue weighted by Crippen LogP contribution is 2.34. The third-order valence-corrected chi connectivity index (χ3v) is 5.03. The fourth-order valence-electron chi connectivity index (χ4n) is 1.51. The maximum absolute atomic E-state index is 2.42. The lowest BCUT2D eigenvalue weighted by Crippen LogP contribution is -1.80. The van der Waals surface area contributed by atoms with Crippen molar-refractivity contribution in [1.29, 1.82) is 0 Å². The number of benzene rings is 1. The molecule has 2 aromatic rings. The topological polar surface area (TPSA) is 0 Å². The highest BCUT2D eigenvalue weighted by Gasteiger charge is 2.08. The third-order valence-electron chi connectivity index (χ3n) is 2.12. The SMILES string of the molecule is C1=Cc2sc3ccccc3c2C=I1. The van der Waals surface area contributed by atoms with E-state index in [1.807, 2.05) is 11.3 Å². The van der Waals surface area contributed by atoms with Gasteiger partial charge in [0, 0.05) is 20.5 Å². The summed E-state index contributed by atoms with van der Waals surface area (Å²) in [4.78, 5) is 1.44. The third kappa shape index (κ3) is 1.20. The number of thiophene rings is 1. The van der Waals surface area contributed by atoms with Crippen LogP contribution in [0.2, 0.25) is 0 Å². The van der Waals surface area contributed by atoms with Gasteiger partial charge >= 0.3 is 0 Å². The molecule has 0 nitrogen and oxygen atoms in total. The first-order valence-corrected chi connectivity index (χ1v) is 7.39. The second-order valence-electron chi connectivity index (χ2n) is 2.90. The van der Waals surface area contributed by atoms with Gasteiger partial charge in [-0.15, -0.1) is 11.3 Å². The highest BCUT2D eigenvalue weighted by atomic mass is 127. The number of halogens is 1. The summed E-state index contributed by atoms with van der Waals surface area (Å²) in [5.74, 6) is 0. The van der Waals surface area contributed by atoms with E-state index in [0.29, 0.717) is 0 Å². The van der Waals surface area contributed by atoms with Crippen LogP contribution >= 0.6 is 32.1 Å². The van der Waals surface area contributed by atoms with E-state index in [9.17, 15) is 0 Å². The summed E-state index contributed by atoms with van der Waals surface area (Å²) in [7, 11) is 0. The molecular weight excluding hydrogens is 291 g/mol. The highest BCUT2D eigenvalue weighted by molar-refractivity contribution is 14.2. The van der Waals surface area contributed by atoms with E-state index >= 15 is 0 Å². The normalized spacial score (nSPS) is 14.2. The van der Waals surface area contributed by atoms with Crippen LogP contribution in [0.3, 0.4) is 0 Å². The number of rotatable bonds is 0. The Hall–Kier alpha value is -0.480. The molecule has 1 aromatic carbocycles. The van der Waals surface area contributed by atoms with Crippen molar-refractivity contribution in [3.63, 3.8) is 0 Å². The first kappa shape index (κ1) is 7.88. The Bertz CT molecular complexity index is 520. The van der Waals surface area contributed by atoms with Crippen LogP contribution in [0.4, 0.5) is 0 Å². The van der Waals surface area contributed by atoms with E-state index in [2.05, 4.69) is 38.4 Å². The lowest BCUT2D eigenvalue weighted by atomic mass is 10.1. The summed E-state index contributed by atoms with van der Waals surface area (Å²) in [5, 5.41) is 1.44. The first-order chi connectivity index (χ1) is 6.45.